The first-order chi connectivity index (χ1) is 15.2. The van der Waals surface area contributed by atoms with Crippen molar-refractivity contribution in [3.63, 3.8) is 0 Å². The summed E-state index contributed by atoms with van der Waals surface area (Å²) >= 11 is 11.5. The van der Waals surface area contributed by atoms with E-state index in [2.05, 4.69) is 5.32 Å². The zero-order valence-electron chi connectivity index (χ0n) is 17.4. The molecule has 2 aromatic carbocycles. The quantitative estimate of drug-likeness (QED) is 0.288. The van der Waals surface area contributed by atoms with E-state index in [9.17, 15) is 20.0 Å². The first-order valence-electron chi connectivity index (χ1n) is 9.47. The molecule has 0 aromatic heterocycles. The van der Waals surface area contributed by atoms with Gasteiger partial charge in [0.2, 0.25) is 0 Å². The summed E-state index contributed by atoms with van der Waals surface area (Å²) < 4.78 is 10.3. The summed E-state index contributed by atoms with van der Waals surface area (Å²) in [6, 6.07) is 8.40. The van der Waals surface area contributed by atoms with E-state index in [1.807, 2.05) is 0 Å². The summed E-state index contributed by atoms with van der Waals surface area (Å²) in [5.74, 6) is -1.71. The van der Waals surface area contributed by atoms with Gasteiger partial charge in [0.1, 0.15) is 5.75 Å². The van der Waals surface area contributed by atoms with Crippen LogP contribution in [0.25, 0.3) is 0 Å². The van der Waals surface area contributed by atoms with Gasteiger partial charge in [-0.1, -0.05) is 11.6 Å². The fourth-order valence-corrected chi connectivity index (χ4v) is 3.92. The van der Waals surface area contributed by atoms with Gasteiger partial charge in [-0.3, -0.25) is 15.0 Å². The van der Waals surface area contributed by atoms with Gasteiger partial charge in [0.15, 0.2) is 5.11 Å². The predicted molar refractivity (Wildman–Crippen MR) is 121 cm³/mol. The van der Waals surface area contributed by atoms with E-state index in [4.69, 9.17) is 33.3 Å². The number of nitro benzene ring substituents is 1. The monoisotopic (exact) mass is 476 g/mol. The predicted octanol–water partition coefficient (Wildman–Crippen LogP) is 3.60. The lowest BCUT2D eigenvalue weighted by Gasteiger charge is -2.37. The highest BCUT2D eigenvalue weighted by atomic mass is 35.5. The number of carbonyl (C=O) groups excluding carboxylic acids is 1. The first-order valence-corrected chi connectivity index (χ1v) is 10.3. The maximum absolute atomic E-state index is 12.9. The Bertz CT molecular complexity index is 1120. The Hall–Kier alpha value is -3.37. The molecule has 168 valence electrons. The van der Waals surface area contributed by atoms with Crippen LogP contribution in [-0.4, -0.2) is 29.7 Å². The SMILES string of the molecule is CCOC(=O)C1=C(C)N(c2ccc(Cl)cc2)C(=S)NC1c1cc(OC)c([O-])c([N+](=O)[O-])c1. The molecule has 0 fully saturated rings. The number of nitrogens with zero attached hydrogens (tertiary/aromatic N) is 2. The van der Waals surface area contributed by atoms with Crippen molar-refractivity contribution in [2.45, 2.75) is 19.9 Å². The number of rotatable bonds is 6. The molecule has 0 saturated carbocycles. The fraction of sp³-hybridized carbons (Fsp3) is 0.238. The standard InChI is InChI=1S/C21H20ClN3O6S/c1-4-31-20(27)17-11(2)24(14-7-5-13(22)6-8-14)21(32)23-18(17)12-9-15(25(28)29)19(26)16(10-12)30-3/h5-10,18,26H,4H2,1-3H3,(H,23,32)/p-1. The summed E-state index contributed by atoms with van der Waals surface area (Å²) in [7, 11) is 1.23. The number of methoxy groups -OCH3 is 1. The molecule has 1 N–H and O–H groups in total. The van der Waals surface area contributed by atoms with E-state index >= 15 is 0 Å². The van der Waals surface area contributed by atoms with Gasteiger partial charge in [-0.15, -0.1) is 0 Å². The molecule has 1 atom stereocenters. The molecule has 1 aliphatic heterocycles. The van der Waals surface area contributed by atoms with Gasteiger partial charge < -0.3 is 19.9 Å². The molecule has 1 aliphatic rings. The van der Waals surface area contributed by atoms with Crippen molar-refractivity contribution in [3.05, 3.63) is 68.4 Å². The Morgan fingerprint density at radius 3 is 2.53 bits per heavy atom. The number of thiocarbonyl (C=S) groups is 1. The smallest absolute Gasteiger partial charge is 0.338 e. The maximum atomic E-state index is 12.9. The van der Waals surface area contributed by atoms with Gasteiger partial charge in [0, 0.05) is 28.2 Å². The van der Waals surface area contributed by atoms with Crippen molar-refractivity contribution in [3.8, 4) is 11.5 Å². The van der Waals surface area contributed by atoms with Crippen molar-refractivity contribution in [1.82, 2.24) is 5.32 Å². The number of carbonyl (C=O) groups is 1. The lowest BCUT2D eigenvalue weighted by molar-refractivity contribution is -0.398. The van der Waals surface area contributed by atoms with E-state index in [0.717, 1.165) is 6.07 Å². The number of nitro groups is 1. The van der Waals surface area contributed by atoms with Crippen molar-refractivity contribution in [2.24, 2.45) is 0 Å². The van der Waals surface area contributed by atoms with E-state index in [1.165, 1.54) is 13.2 Å². The largest absolute Gasteiger partial charge is 0.865 e. The van der Waals surface area contributed by atoms with E-state index in [0.29, 0.717) is 16.4 Å². The van der Waals surface area contributed by atoms with Crippen LogP contribution in [0.3, 0.4) is 0 Å². The first kappa shape index (κ1) is 23.3. The number of esters is 1. The molecular formula is C21H19ClN3O6S-. The average Bonchev–Trinajstić information content (AvgIpc) is 2.74. The minimum Gasteiger partial charge on any atom is -0.865 e. The molecule has 0 bridgehead atoms. The molecule has 2 aromatic rings. The van der Waals surface area contributed by atoms with Gasteiger partial charge in [0.05, 0.1) is 30.3 Å². The van der Waals surface area contributed by atoms with Crippen LogP contribution < -0.4 is 20.1 Å². The maximum Gasteiger partial charge on any atom is 0.338 e. The molecule has 11 heteroatoms. The summed E-state index contributed by atoms with van der Waals surface area (Å²) in [6.07, 6.45) is 0. The number of halogens is 1. The number of benzene rings is 2. The van der Waals surface area contributed by atoms with Crippen LogP contribution in [0, 0.1) is 10.1 Å². The molecular weight excluding hydrogens is 458 g/mol. The zero-order valence-corrected chi connectivity index (χ0v) is 19.0. The lowest BCUT2D eigenvalue weighted by Crippen LogP contribution is -2.48. The number of nitrogens with one attached hydrogen (secondary N) is 1. The third-order valence-electron chi connectivity index (χ3n) is 4.87. The summed E-state index contributed by atoms with van der Waals surface area (Å²) in [5, 5.41) is 27.5. The van der Waals surface area contributed by atoms with Crippen LogP contribution in [0.1, 0.15) is 25.5 Å². The van der Waals surface area contributed by atoms with Gasteiger partial charge in [0.25, 0.3) is 5.69 Å². The number of ether oxygens (including phenoxy) is 2. The second-order valence-electron chi connectivity index (χ2n) is 6.74. The van der Waals surface area contributed by atoms with E-state index in [1.54, 1.807) is 43.0 Å². The third-order valence-corrected chi connectivity index (χ3v) is 5.42. The normalized spacial score (nSPS) is 15.9. The second kappa shape index (κ2) is 9.41. The zero-order chi connectivity index (χ0) is 23.6. The highest BCUT2D eigenvalue weighted by molar-refractivity contribution is 7.80. The Morgan fingerprint density at radius 1 is 1.31 bits per heavy atom. The van der Waals surface area contributed by atoms with Crippen LogP contribution in [0.5, 0.6) is 11.5 Å². The number of allylic oxidation sites excluding steroid dienone is 1. The summed E-state index contributed by atoms with van der Waals surface area (Å²) in [4.78, 5) is 25.2. The minimum absolute atomic E-state index is 0.122. The summed E-state index contributed by atoms with van der Waals surface area (Å²) in [5.41, 5.74) is 0.891. The number of hydrogen-bond acceptors (Lipinski definition) is 7. The van der Waals surface area contributed by atoms with E-state index < -0.39 is 28.4 Å². The highest BCUT2D eigenvalue weighted by Gasteiger charge is 2.36. The molecule has 3 rings (SSSR count). The van der Waals surface area contributed by atoms with Crippen LogP contribution in [0.4, 0.5) is 11.4 Å². The lowest BCUT2D eigenvalue weighted by atomic mass is 9.94. The number of hydrogen-bond donors (Lipinski definition) is 1. The molecule has 32 heavy (non-hydrogen) atoms. The Kier molecular flexibility index (Phi) is 6.85. The van der Waals surface area contributed by atoms with Gasteiger partial charge in [-0.2, -0.15) is 0 Å². The van der Waals surface area contributed by atoms with Crippen LogP contribution in [-0.2, 0) is 9.53 Å². The third kappa shape index (κ3) is 4.32. The minimum atomic E-state index is -0.904. The Labute approximate surface area is 194 Å². The van der Waals surface area contributed by atoms with Crippen molar-refractivity contribution >= 4 is 46.3 Å². The van der Waals surface area contributed by atoms with Crippen LogP contribution in [0.2, 0.25) is 5.02 Å². The van der Waals surface area contributed by atoms with Crippen LogP contribution in [0.15, 0.2) is 47.7 Å². The Balaban J connectivity index is 2.21. The van der Waals surface area contributed by atoms with Crippen LogP contribution >= 0.6 is 23.8 Å². The number of anilines is 1. The van der Waals surface area contributed by atoms with Crippen molar-refractivity contribution in [1.29, 1.82) is 0 Å². The van der Waals surface area contributed by atoms with Gasteiger partial charge in [-0.25, -0.2) is 4.79 Å². The molecule has 9 nitrogen and oxygen atoms in total. The molecule has 1 heterocycles. The molecule has 0 amide bonds. The Morgan fingerprint density at radius 2 is 1.97 bits per heavy atom. The highest BCUT2D eigenvalue weighted by Crippen LogP contribution is 2.40. The van der Waals surface area contributed by atoms with Crippen molar-refractivity contribution < 1.29 is 24.3 Å². The molecule has 0 spiro atoms. The molecule has 0 saturated heterocycles. The average molecular weight is 477 g/mol. The van der Waals surface area contributed by atoms with E-state index in [-0.39, 0.29) is 28.6 Å². The fourth-order valence-electron chi connectivity index (χ4n) is 3.43. The molecule has 0 radical (unpaired) electrons. The molecule has 0 aliphatic carbocycles. The van der Waals surface area contributed by atoms with Gasteiger partial charge >= 0.3 is 5.97 Å². The summed E-state index contributed by atoms with van der Waals surface area (Å²) in [6.45, 7) is 3.48. The topological polar surface area (TPSA) is 117 Å². The van der Waals surface area contributed by atoms with Crippen molar-refractivity contribution in [2.75, 3.05) is 18.6 Å². The molecule has 1 unspecified atom stereocenters. The second-order valence-corrected chi connectivity index (χ2v) is 7.57. The van der Waals surface area contributed by atoms with Gasteiger partial charge in [-0.05, 0) is 62.0 Å².